The second-order valence-electron chi connectivity index (χ2n) is 10.0. The molecule has 0 aliphatic carbocycles. The van der Waals surface area contributed by atoms with Gasteiger partial charge in [0.1, 0.15) is 5.82 Å². The van der Waals surface area contributed by atoms with Crippen molar-refractivity contribution in [2.45, 2.75) is 51.7 Å². The van der Waals surface area contributed by atoms with Crippen LogP contribution in [0.4, 0.5) is 5.82 Å². The monoisotopic (exact) mass is 539 g/mol. The Morgan fingerprint density at radius 3 is 2.69 bits per heavy atom. The summed E-state index contributed by atoms with van der Waals surface area (Å²) < 4.78 is 29.6. The molecule has 3 heterocycles. The number of hydrogen-bond acceptors (Lipinski definition) is 6. The maximum atomic E-state index is 13.1. The van der Waals surface area contributed by atoms with Crippen molar-refractivity contribution in [1.29, 1.82) is 0 Å². The van der Waals surface area contributed by atoms with Gasteiger partial charge < -0.3 is 10.2 Å². The van der Waals surface area contributed by atoms with Gasteiger partial charge in [-0.25, -0.2) is 9.71 Å². The van der Waals surface area contributed by atoms with Gasteiger partial charge >= 0.3 is 10.2 Å². The van der Waals surface area contributed by atoms with Crippen LogP contribution in [-0.2, 0) is 16.8 Å². The number of aromatic nitrogens is 1. The number of nitrogens with one attached hydrogen (secondary N) is 2. The molecule has 2 saturated heterocycles. The molecule has 2 N–H and O–H groups in total. The molecule has 1 aromatic carbocycles. The zero-order valence-electron chi connectivity index (χ0n) is 20.1. The highest BCUT2D eigenvalue weighted by Gasteiger charge is 2.39. The molecule has 4 rings (SSSR count). The Morgan fingerprint density at radius 2 is 2.00 bits per heavy atom. The van der Waals surface area contributed by atoms with Gasteiger partial charge in [-0.15, -0.1) is 0 Å². The molecule has 0 unspecified atom stereocenters. The Balaban J connectivity index is 1.41. The van der Waals surface area contributed by atoms with E-state index in [-0.39, 0.29) is 23.7 Å². The quantitative estimate of drug-likeness (QED) is 0.554. The van der Waals surface area contributed by atoms with Crippen LogP contribution in [0.25, 0.3) is 0 Å². The van der Waals surface area contributed by atoms with Gasteiger partial charge in [0.15, 0.2) is 0 Å². The molecule has 1 aromatic heterocycles. The van der Waals surface area contributed by atoms with Crippen molar-refractivity contribution in [3.63, 3.8) is 0 Å². The molecule has 35 heavy (non-hydrogen) atoms. The van der Waals surface area contributed by atoms with Crippen LogP contribution in [0.1, 0.15) is 49.5 Å². The van der Waals surface area contributed by atoms with Crippen molar-refractivity contribution in [3.05, 3.63) is 57.7 Å². The molecule has 2 atom stereocenters. The minimum atomic E-state index is -4.01. The van der Waals surface area contributed by atoms with Crippen LogP contribution in [0.2, 0.25) is 10.0 Å². The molecule has 0 radical (unpaired) electrons. The Hall–Kier alpha value is -1.91. The zero-order chi connectivity index (χ0) is 25.4. The van der Waals surface area contributed by atoms with E-state index < -0.39 is 16.1 Å². The summed E-state index contributed by atoms with van der Waals surface area (Å²) in [5, 5.41) is 4.46. The number of rotatable bonds is 7. The van der Waals surface area contributed by atoms with E-state index in [1.54, 1.807) is 30.5 Å². The summed E-state index contributed by atoms with van der Waals surface area (Å²) in [5.74, 6) is 0.284. The summed E-state index contributed by atoms with van der Waals surface area (Å²) in [4.78, 5) is 19.7. The average molecular weight is 541 g/mol. The Morgan fingerprint density at radius 1 is 1.23 bits per heavy atom. The van der Waals surface area contributed by atoms with Crippen molar-refractivity contribution in [1.82, 2.24) is 19.3 Å². The molecule has 8 nitrogen and oxygen atoms in total. The van der Waals surface area contributed by atoms with Crippen LogP contribution in [0, 0.1) is 5.92 Å². The van der Waals surface area contributed by atoms with Gasteiger partial charge in [-0.1, -0.05) is 36.2 Å². The maximum absolute atomic E-state index is 13.1. The molecule has 2 fully saturated rings. The van der Waals surface area contributed by atoms with E-state index in [4.69, 9.17) is 23.2 Å². The van der Waals surface area contributed by atoms with Crippen molar-refractivity contribution in [2.24, 2.45) is 5.92 Å². The third kappa shape index (κ3) is 5.91. The molecule has 2 aliphatic rings. The molecule has 2 aromatic rings. The summed E-state index contributed by atoms with van der Waals surface area (Å²) in [7, 11) is -4.01. The predicted molar refractivity (Wildman–Crippen MR) is 139 cm³/mol. The van der Waals surface area contributed by atoms with Crippen molar-refractivity contribution in [3.8, 4) is 0 Å². The first-order valence-corrected chi connectivity index (χ1v) is 13.9. The first-order chi connectivity index (χ1) is 16.5. The lowest BCUT2D eigenvalue weighted by Crippen LogP contribution is -2.45. The summed E-state index contributed by atoms with van der Waals surface area (Å²) in [6.07, 6.45) is 3.22. The fourth-order valence-corrected chi connectivity index (χ4v) is 6.69. The van der Waals surface area contributed by atoms with Gasteiger partial charge in [0, 0.05) is 54.0 Å². The van der Waals surface area contributed by atoms with Gasteiger partial charge in [0.05, 0.1) is 5.56 Å². The highest BCUT2D eigenvalue weighted by Crippen LogP contribution is 2.37. The zero-order valence-corrected chi connectivity index (χ0v) is 22.4. The molecule has 190 valence electrons. The summed E-state index contributed by atoms with van der Waals surface area (Å²) in [6.45, 7) is 8.19. The van der Waals surface area contributed by atoms with E-state index in [2.05, 4.69) is 40.7 Å². The van der Waals surface area contributed by atoms with Gasteiger partial charge in [-0.3, -0.25) is 4.79 Å². The first-order valence-electron chi connectivity index (χ1n) is 11.7. The Labute approximate surface area is 217 Å². The minimum absolute atomic E-state index is 0.0609. The summed E-state index contributed by atoms with van der Waals surface area (Å²) in [6, 6.07) is 8.50. The topological polar surface area (TPSA) is 94.6 Å². The lowest BCUT2D eigenvalue weighted by atomic mass is 9.97. The smallest absolute Gasteiger partial charge is 0.304 e. The second kappa shape index (κ2) is 10.2. The standard InChI is InChI=1S/C24H31Cl2N5O3S/c1-16-12-24(2,3)31(14-16)22-20(5-4-9-27-22)23(32)29-35(33,34)30-10-8-19(15-30)28-13-17-6-7-18(25)11-21(17)26/h4-7,9,11,16,19,28H,8,10,12-15H2,1-3H3,(H,29,32)/t16-,19+/m0/s1. The molecule has 2 aliphatic heterocycles. The first kappa shape index (κ1) is 26.2. The second-order valence-corrected chi connectivity index (χ2v) is 12.5. The van der Waals surface area contributed by atoms with E-state index in [9.17, 15) is 13.2 Å². The van der Waals surface area contributed by atoms with E-state index in [0.29, 0.717) is 41.3 Å². The van der Waals surface area contributed by atoms with Gasteiger partial charge in [0.25, 0.3) is 5.91 Å². The summed E-state index contributed by atoms with van der Waals surface area (Å²) in [5.41, 5.74) is 0.959. The van der Waals surface area contributed by atoms with Gasteiger partial charge in [-0.05, 0) is 62.4 Å². The van der Waals surface area contributed by atoms with Crippen LogP contribution >= 0.6 is 23.2 Å². The highest BCUT2D eigenvalue weighted by atomic mass is 35.5. The maximum Gasteiger partial charge on any atom is 0.304 e. The third-order valence-corrected chi connectivity index (χ3v) is 8.71. The van der Waals surface area contributed by atoms with Gasteiger partial charge in [-0.2, -0.15) is 12.7 Å². The fourth-order valence-electron chi connectivity index (χ4n) is 5.02. The third-order valence-electron chi connectivity index (χ3n) is 6.67. The van der Waals surface area contributed by atoms with Crippen molar-refractivity contribution < 1.29 is 13.2 Å². The fraction of sp³-hybridized carbons (Fsp3) is 0.500. The number of nitrogens with zero attached hydrogens (tertiary/aromatic N) is 3. The minimum Gasteiger partial charge on any atom is -0.351 e. The van der Waals surface area contributed by atoms with E-state index in [0.717, 1.165) is 18.5 Å². The molecular weight excluding hydrogens is 509 g/mol. The number of carbonyl (C=O) groups is 1. The van der Waals surface area contributed by atoms with Crippen molar-refractivity contribution in [2.75, 3.05) is 24.5 Å². The SMILES string of the molecule is C[C@@H]1CN(c2ncccc2C(=O)NS(=O)(=O)N2CC[C@@H](NCc3ccc(Cl)cc3Cl)C2)C(C)(C)C1. The molecular formula is C24H31Cl2N5O3S. The lowest BCUT2D eigenvalue weighted by molar-refractivity contribution is 0.0979. The molecule has 0 spiro atoms. The van der Waals surface area contributed by atoms with Crippen LogP contribution < -0.4 is 14.9 Å². The lowest BCUT2D eigenvalue weighted by Gasteiger charge is -2.33. The van der Waals surface area contributed by atoms with Crippen LogP contribution in [0.15, 0.2) is 36.5 Å². The van der Waals surface area contributed by atoms with Crippen LogP contribution in [-0.4, -0.2) is 54.8 Å². The number of benzene rings is 1. The van der Waals surface area contributed by atoms with E-state index in [1.807, 2.05) is 6.07 Å². The number of amides is 1. The number of pyridine rings is 1. The summed E-state index contributed by atoms with van der Waals surface area (Å²) >= 11 is 12.2. The van der Waals surface area contributed by atoms with Crippen LogP contribution in [0.5, 0.6) is 0 Å². The predicted octanol–water partition coefficient (Wildman–Crippen LogP) is 3.85. The van der Waals surface area contributed by atoms with Crippen LogP contribution in [0.3, 0.4) is 0 Å². The number of carbonyl (C=O) groups excluding carboxylic acids is 1. The molecule has 11 heteroatoms. The van der Waals surface area contributed by atoms with Gasteiger partial charge in [0.2, 0.25) is 0 Å². The van der Waals surface area contributed by atoms with Crippen molar-refractivity contribution >= 4 is 45.1 Å². The highest BCUT2D eigenvalue weighted by molar-refractivity contribution is 7.87. The number of hydrogen-bond donors (Lipinski definition) is 2. The van der Waals surface area contributed by atoms with E-state index in [1.165, 1.54) is 4.31 Å². The number of anilines is 1. The molecule has 1 amide bonds. The molecule has 0 bridgehead atoms. The molecule has 0 saturated carbocycles. The largest absolute Gasteiger partial charge is 0.351 e. The Bertz CT molecular complexity index is 1210. The van der Waals surface area contributed by atoms with E-state index >= 15 is 0 Å². The number of halogens is 2. The average Bonchev–Trinajstić information content (AvgIpc) is 3.36. The Kier molecular flexibility index (Phi) is 7.64. The normalized spacial score (nSPS) is 22.5.